The van der Waals surface area contributed by atoms with Crippen molar-refractivity contribution in [2.45, 2.75) is 4.90 Å². The number of nitrogens with one attached hydrogen (secondary N) is 2. The molecule has 3 rings (SSSR count). The number of thioether (sulfide) groups is 1. The van der Waals surface area contributed by atoms with E-state index >= 15 is 0 Å². The number of amides is 2. The number of nitrogens with zero attached hydrogens (tertiary/aromatic N) is 4. The van der Waals surface area contributed by atoms with Crippen LogP contribution in [0.25, 0.3) is 5.69 Å². The number of nitro groups is 1. The van der Waals surface area contributed by atoms with E-state index in [1.807, 2.05) is 0 Å². The Morgan fingerprint density at radius 3 is 2.41 bits per heavy atom. The number of non-ortho nitro benzene ring substituents is 1. The minimum absolute atomic E-state index is 0.00945. The molecule has 0 unspecified atom stereocenters. The maximum Gasteiger partial charge on any atom is 0.269 e. The number of hydrogen-bond acceptors (Lipinski definition) is 7. The van der Waals surface area contributed by atoms with Crippen LogP contribution in [0.1, 0.15) is 0 Å². The fourth-order valence-corrected chi connectivity index (χ4v) is 3.02. The van der Waals surface area contributed by atoms with Gasteiger partial charge in [-0.15, -0.1) is 11.8 Å². The van der Waals surface area contributed by atoms with Crippen LogP contribution in [0.5, 0.6) is 0 Å². The standard InChI is InChI=1S/C18H16N6O4S/c25-17(22-13-1-3-14(4-2-13)23-12-19-11-21-23)9-20-18(26)10-29-16-7-5-15(6-8-16)24(27)28/h1-8,11-12H,9-10H2,(H,20,26)(H,22,25). The van der Waals surface area contributed by atoms with Crippen molar-refractivity contribution >= 4 is 35.0 Å². The van der Waals surface area contributed by atoms with Crippen LogP contribution in [0, 0.1) is 10.1 Å². The zero-order chi connectivity index (χ0) is 20.6. The Bertz CT molecular complexity index is 990. The van der Waals surface area contributed by atoms with Crippen molar-refractivity contribution in [3.8, 4) is 5.69 Å². The highest BCUT2D eigenvalue weighted by atomic mass is 32.2. The van der Waals surface area contributed by atoms with Crippen LogP contribution in [0.15, 0.2) is 66.1 Å². The zero-order valence-corrected chi connectivity index (χ0v) is 15.8. The lowest BCUT2D eigenvalue weighted by Gasteiger charge is -2.08. The van der Waals surface area contributed by atoms with Crippen molar-refractivity contribution in [3.63, 3.8) is 0 Å². The Morgan fingerprint density at radius 2 is 1.79 bits per heavy atom. The van der Waals surface area contributed by atoms with Crippen LogP contribution in [0.3, 0.4) is 0 Å². The first-order chi connectivity index (χ1) is 14.0. The largest absolute Gasteiger partial charge is 0.346 e. The Labute approximate surface area is 169 Å². The van der Waals surface area contributed by atoms with Crippen molar-refractivity contribution in [1.82, 2.24) is 20.1 Å². The molecule has 1 heterocycles. The molecule has 2 amide bonds. The Morgan fingerprint density at radius 1 is 1.07 bits per heavy atom. The predicted molar refractivity (Wildman–Crippen MR) is 107 cm³/mol. The van der Waals surface area contributed by atoms with E-state index in [-0.39, 0.29) is 29.8 Å². The summed E-state index contributed by atoms with van der Waals surface area (Å²) < 4.78 is 1.59. The smallest absolute Gasteiger partial charge is 0.269 e. The van der Waals surface area contributed by atoms with E-state index in [1.165, 1.54) is 30.2 Å². The normalized spacial score (nSPS) is 10.3. The van der Waals surface area contributed by atoms with E-state index in [0.717, 1.165) is 10.6 Å². The molecule has 0 saturated carbocycles. The molecule has 0 aliphatic carbocycles. The van der Waals surface area contributed by atoms with E-state index < -0.39 is 4.92 Å². The molecule has 0 fully saturated rings. The Balaban J connectivity index is 1.40. The lowest BCUT2D eigenvalue weighted by Crippen LogP contribution is -2.33. The Kier molecular flexibility index (Phi) is 6.53. The lowest BCUT2D eigenvalue weighted by molar-refractivity contribution is -0.384. The molecule has 3 aromatic rings. The van der Waals surface area contributed by atoms with Gasteiger partial charge in [0, 0.05) is 22.7 Å². The third kappa shape index (κ3) is 5.87. The van der Waals surface area contributed by atoms with Gasteiger partial charge in [-0.05, 0) is 36.4 Å². The summed E-state index contributed by atoms with van der Waals surface area (Å²) in [7, 11) is 0. The zero-order valence-electron chi connectivity index (χ0n) is 15.0. The molecule has 29 heavy (non-hydrogen) atoms. The number of carbonyl (C=O) groups excluding carboxylic acids is 2. The maximum absolute atomic E-state index is 12.0. The fourth-order valence-electron chi connectivity index (χ4n) is 2.29. The van der Waals surface area contributed by atoms with E-state index in [9.17, 15) is 19.7 Å². The Hall–Kier alpha value is -3.73. The summed E-state index contributed by atoms with van der Waals surface area (Å²) in [5.74, 6) is -0.574. The number of aromatic nitrogens is 3. The van der Waals surface area contributed by atoms with Crippen molar-refractivity contribution in [2.75, 3.05) is 17.6 Å². The molecule has 0 spiro atoms. The molecule has 0 bridgehead atoms. The third-order valence-corrected chi connectivity index (χ3v) is 4.71. The van der Waals surface area contributed by atoms with E-state index in [0.29, 0.717) is 5.69 Å². The highest BCUT2D eigenvalue weighted by Crippen LogP contribution is 2.21. The minimum atomic E-state index is -0.484. The van der Waals surface area contributed by atoms with Gasteiger partial charge in [0.25, 0.3) is 5.69 Å². The molecule has 0 aliphatic rings. The SMILES string of the molecule is O=C(CSc1ccc([N+](=O)[O-])cc1)NCC(=O)Nc1ccc(-n2cncn2)cc1. The lowest BCUT2D eigenvalue weighted by atomic mass is 10.3. The maximum atomic E-state index is 12.0. The molecule has 2 aromatic carbocycles. The first-order valence-electron chi connectivity index (χ1n) is 8.40. The van der Waals surface area contributed by atoms with Crippen LogP contribution >= 0.6 is 11.8 Å². The summed E-state index contributed by atoms with van der Waals surface area (Å²) in [6, 6.07) is 12.9. The number of anilines is 1. The molecule has 0 atom stereocenters. The highest BCUT2D eigenvalue weighted by molar-refractivity contribution is 8.00. The summed E-state index contributed by atoms with van der Waals surface area (Å²) in [5.41, 5.74) is 1.38. The van der Waals surface area contributed by atoms with Gasteiger partial charge in [0.15, 0.2) is 0 Å². The number of hydrogen-bond donors (Lipinski definition) is 2. The minimum Gasteiger partial charge on any atom is -0.346 e. The molecule has 1 aromatic heterocycles. The number of benzene rings is 2. The average Bonchev–Trinajstić information content (AvgIpc) is 3.26. The van der Waals surface area contributed by atoms with Gasteiger partial charge in [-0.3, -0.25) is 19.7 Å². The van der Waals surface area contributed by atoms with E-state index in [1.54, 1.807) is 47.4 Å². The molecule has 10 nitrogen and oxygen atoms in total. The van der Waals surface area contributed by atoms with Gasteiger partial charge in [-0.1, -0.05) is 0 Å². The number of nitro benzene ring substituents is 1. The van der Waals surface area contributed by atoms with Crippen molar-refractivity contribution < 1.29 is 14.5 Å². The predicted octanol–water partition coefficient (Wildman–Crippen LogP) is 2.02. The van der Waals surface area contributed by atoms with Gasteiger partial charge in [0.05, 0.1) is 22.9 Å². The first-order valence-corrected chi connectivity index (χ1v) is 9.39. The number of rotatable bonds is 8. The molecule has 11 heteroatoms. The van der Waals surface area contributed by atoms with Crippen LogP contribution in [0.2, 0.25) is 0 Å². The monoisotopic (exact) mass is 412 g/mol. The second kappa shape index (κ2) is 9.46. The van der Waals surface area contributed by atoms with Crippen molar-refractivity contribution in [2.24, 2.45) is 0 Å². The summed E-state index contributed by atoms with van der Waals surface area (Å²) in [6.45, 7) is -0.162. The molecular formula is C18H16N6O4S. The highest BCUT2D eigenvalue weighted by Gasteiger charge is 2.09. The first kappa shape index (κ1) is 20.0. The van der Waals surface area contributed by atoms with Gasteiger partial charge in [-0.2, -0.15) is 5.10 Å². The van der Waals surface area contributed by atoms with Crippen LogP contribution in [-0.2, 0) is 9.59 Å². The molecule has 148 valence electrons. The van der Waals surface area contributed by atoms with E-state index in [2.05, 4.69) is 20.7 Å². The fraction of sp³-hybridized carbons (Fsp3) is 0.111. The second-order valence-electron chi connectivity index (χ2n) is 5.75. The van der Waals surface area contributed by atoms with Crippen LogP contribution in [0.4, 0.5) is 11.4 Å². The molecule has 0 radical (unpaired) electrons. The van der Waals surface area contributed by atoms with Crippen molar-refractivity contribution in [3.05, 3.63) is 71.3 Å². The summed E-state index contributed by atoms with van der Waals surface area (Å²) in [6.07, 6.45) is 3.00. The quantitative estimate of drug-likeness (QED) is 0.329. The topological polar surface area (TPSA) is 132 Å². The van der Waals surface area contributed by atoms with Gasteiger partial charge in [0.1, 0.15) is 12.7 Å². The summed E-state index contributed by atoms with van der Waals surface area (Å²) in [5, 5.41) is 19.9. The molecule has 0 aliphatic heterocycles. The number of carbonyl (C=O) groups is 2. The third-order valence-electron chi connectivity index (χ3n) is 3.70. The van der Waals surface area contributed by atoms with Crippen molar-refractivity contribution in [1.29, 1.82) is 0 Å². The van der Waals surface area contributed by atoms with Crippen LogP contribution < -0.4 is 10.6 Å². The van der Waals surface area contributed by atoms with Gasteiger partial charge in [-0.25, -0.2) is 9.67 Å². The van der Waals surface area contributed by atoms with E-state index in [4.69, 9.17) is 0 Å². The van der Waals surface area contributed by atoms with Gasteiger partial charge < -0.3 is 10.6 Å². The molecule has 2 N–H and O–H groups in total. The molecular weight excluding hydrogens is 396 g/mol. The summed E-state index contributed by atoms with van der Waals surface area (Å²) >= 11 is 1.23. The average molecular weight is 412 g/mol. The van der Waals surface area contributed by atoms with Gasteiger partial charge in [0.2, 0.25) is 11.8 Å². The summed E-state index contributed by atoms with van der Waals surface area (Å²) in [4.78, 5) is 38.6. The molecule has 0 saturated heterocycles. The second-order valence-corrected chi connectivity index (χ2v) is 6.80. The van der Waals surface area contributed by atoms with Crippen LogP contribution in [-0.4, -0.2) is 43.8 Å². The van der Waals surface area contributed by atoms with Gasteiger partial charge >= 0.3 is 0 Å².